The molecule has 0 aliphatic carbocycles. The quantitative estimate of drug-likeness (QED) is 0.928. The van der Waals surface area contributed by atoms with Crippen LogP contribution in [0.4, 0.5) is 0 Å². The number of fused-ring (bicyclic) bond motifs is 1. The first-order valence-electron chi connectivity index (χ1n) is 9.22. The summed E-state index contributed by atoms with van der Waals surface area (Å²) in [6.45, 7) is 9.47. The van der Waals surface area contributed by atoms with Gasteiger partial charge in [-0.05, 0) is 49.5 Å². The second kappa shape index (κ2) is 7.55. The minimum atomic E-state index is 0.900. The van der Waals surface area contributed by atoms with Gasteiger partial charge in [0.1, 0.15) is 0 Å². The summed E-state index contributed by atoms with van der Waals surface area (Å²) < 4.78 is 0. The number of nitrogens with zero attached hydrogens (tertiary/aromatic N) is 4. The third-order valence-corrected chi connectivity index (χ3v) is 5.38. The molecule has 0 amide bonds. The summed E-state index contributed by atoms with van der Waals surface area (Å²) in [7, 11) is 0. The van der Waals surface area contributed by atoms with Gasteiger partial charge in [0.25, 0.3) is 0 Å². The average Bonchev–Trinajstić information content (AvgIpc) is 2.64. The molecular formula is C19H27N5. The third kappa shape index (κ3) is 3.91. The number of piperidine rings is 1. The van der Waals surface area contributed by atoms with Crippen molar-refractivity contribution in [3.05, 3.63) is 36.2 Å². The lowest BCUT2D eigenvalue weighted by Gasteiger charge is -2.37. The molecule has 2 aromatic rings. The molecule has 0 saturated carbocycles. The van der Waals surface area contributed by atoms with E-state index in [9.17, 15) is 0 Å². The molecule has 0 unspecified atom stereocenters. The van der Waals surface area contributed by atoms with Gasteiger partial charge in [-0.1, -0.05) is 6.07 Å². The number of piperazine rings is 1. The molecular weight excluding hydrogens is 298 g/mol. The molecule has 1 aromatic carbocycles. The fourth-order valence-electron chi connectivity index (χ4n) is 3.92. The van der Waals surface area contributed by atoms with Crippen LogP contribution >= 0.6 is 0 Å². The molecule has 3 heterocycles. The van der Waals surface area contributed by atoms with Crippen LogP contribution in [-0.2, 0) is 6.54 Å². The van der Waals surface area contributed by atoms with Gasteiger partial charge in [0, 0.05) is 51.7 Å². The predicted molar refractivity (Wildman–Crippen MR) is 96.8 cm³/mol. The molecule has 2 aliphatic rings. The molecule has 1 N–H and O–H groups in total. The van der Waals surface area contributed by atoms with Crippen molar-refractivity contribution in [1.29, 1.82) is 0 Å². The zero-order valence-electron chi connectivity index (χ0n) is 14.3. The minimum Gasteiger partial charge on any atom is -0.317 e. The Bertz CT molecular complexity index is 660. The van der Waals surface area contributed by atoms with Crippen LogP contribution in [0.3, 0.4) is 0 Å². The van der Waals surface area contributed by atoms with Crippen LogP contribution in [0, 0.1) is 5.92 Å². The van der Waals surface area contributed by atoms with E-state index in [0.717, 1.165) is 23.5 Å². The maximum atomic E-state index is 4.42. The van der Waals surface area contributed by atoms with Gasteiger partial charge in [-0.2, -0.15) is 0 Å². The van der Waals surface area contributed by atoms with E-state index in [0.29, 0.717) is 0 Å². The van der Waals surface area contributed by atoms with E-state index in [1.165, 1.54) is 64.2 Å². The maximum Gasteiger partial charge on any atom is 0.0890 e. The summed E-state index contributed by atoms with van der Waals surface area (Å²) in [4.78, 5) is 14.0. The lowest BCUT2D eigenvalue weighted by molar-refractivity contribution is 0.107. The summed E-state index contributed by atoms with van der Waals surface area (Å²) in [5.41, 5.74) is 3.32. The Morgan fingerprint density at radius 2 is 1.62 bits per heavy atom. The summed E-state index contributed by atoms with van der Waals surface area (Å²) >= 11 is 0. The first-order valence-corrected chi connectivity index (χ1v) is 9.22. The zero-order valence-corrected chi connectivity index (χ0v) is 14.3. The van der Waals surface area contributed by atoms with Crippen LogP contribution in [0.1, 0.15) is 18.4 Å². The van der Waals surface area contributed by atoms with Crippen LogP contribution < -0.4 is 5.32 Å². The normalized spacial score (nSPS) is 21.3. The first kappa shape index (κ1) is 15.9. The Kier molecular flexibility index (Phi) is 5.02. The molecule has 128 valence electrons. The Hall–Kier alpha value is -1.56. The second-order valence-corrected chi connectivity index (χ2v) is 7.15. The molecule has 1 aromatic heterocycles. The Balaban J connectivity index is 1.29. The van der Waals surface area contributed by atoms with E-state index in [1.807, 2.05) is 0 Å². The van der Waals surface area contributed by atoms with Gasteiger partial charge in [0.05, 0.1) is 11.0 Å². The van der Waals surface area contributed by atoms with E-state index in [2.05, 4.69) is 43.3 Å². The molecule has 0 atom stereocenters. The highest BCUT2D eigenvalue weighted by atomic mass is 15.3. The Morgan fingerprint density at radius 3 is 2.42 bits per heavy atom. The number of benzene rings is 1. The van der Waals surface area contributed by atoms with E-state index in [1.54, 1.807) is 12.4 Å². The van der Waals surface area contributed by atoms with E-state index in [-0.39, 0.29) is 0 Å². The van der Waals surface area contributed by atoms with Crippen molar-refractivity contribution in [3.8, 4) is 0 Å². The van der Waals surface area contributed by atoms with Crippen LogP contribution in [-0.4, -0.2) is 65.6 Å². The number of hydrogen-bond acceptors (Lipinski definition) is 5. The molecule has 0 spiro atoms. The smallest absolute Gasteiger partial charge is 0.0890 e. The summed E-state index contributed by atoms with van der Waals surface area (Å²) in [5.74, 6) is 0.900. The number of rotatable bonds is 4. The maximum absolute atomic E-state index is 4.42. The molecule has 24 heavy (non-hydrogen) atoms. The standard InChI is InChI=1S/C19H27N5/c1-2-18-19(22-8-7-21-18)13-17(1)15-24-11-9-23(10-12-24)14-16-3-5-20-6-4-16/h1-2,7-8,13,16,20H,3-6,9-12,14-15H2. The van der Waals surface area contributed by atoms with Crippen molar-refractivity contribution in [1.82, 2.24) is 25.1 Å². The summed E-state index contributed by atoms with van der Waals surface area (Å²) in [5, 5.41) is 3.46. The van der Waals surface area contributed by atoms with Crippen LogP contribution in [0.15, 0.2) is 30.6 Å². The van der Waals surface area contributed by atoms with Gasteiger partial charge < -0.3 is 10.2 Å². The molecule has 4 rings (SSSR count). The molecule has 0 radical (unpaired) electrons. The SMILES string of the molecule is c1cnc2cc(CN3CCN(CC4CCNCC4)CC3)ccc2n1. The number of nitrogens with one attached hydrogen (secondary N) is 1. The van der Waals surface area contributed by atoms with Crippen molar-refractivity contribution >= 4 is 11.0 Å². The van der Waals surface area contributed by atoms with E-state index < -0.39 is 0 Å². The molecule has 2 saturated heterocycles. The highest BCUT2D eigenvalue weighted by Crippen LogP contribution is 2.17. The minimum absolute atomic E-state index is 0.900. The number of hydrogen-bond donors (Lipinski definition) is 1. The van der Waals surface area contributed by atoms with Gasteiger partial charge in [-0.15, -0.1) is 0 Å². The van der Waals surface area contributed by atoms with Crippen molar-refractivity contribution in [2.45, 2.75) is 19.4 Å². The largest absolute Gasteiger partial charge is 0.317 e. The van der Waals surface area contributed by atoms with Crippen LogP contribution in [0.5, 0.6) is 0 Å². The Labute approximate surface area is 144 Å². The lowest BCUT2D eigenvalue weighted by Crippen LogP contribution is -2.48. The second-order valence-electron chi connectivity index (χ2n) is 7.15. The lowest BCUT2D eigenvalue weighted by atomic mass is 9.97. The first-order chi connectivity index (χ1) is 11.9. The zero-order chi connectivity index (χ0) is 16.2. The fraction of sp³-hybridized carbons (Fsp3) is 0.579. The summed E-state index contributed by atoms with van der Waals surface area (Å²) in [6.07, 6.45) is 6.21. The van der Waals surface area contributed by atoms with Crippen molar-refractivity contribution < 1.29 is 0 Å². The Morgan fingerprint density at radius 1 is 0.917 bits per heavy atom. The van der Waals surface area contributed by atoms with Gasteiger partial charge in [-0.25, -0.2) is 0 Å². The van der Waals surface area contributed by atoms with Crippen LogP contribution in [0.2, 0.25) is 0 Å². The van der Waals surface area contributed by atoms with Crippen molar-refractivity contribution in [2.75, 3.05) is 45.8 Å². The molecule has 2 fully saturated rings. The molecule has 5 heteroatoms. The number of aromatic nitrogens is 2. The van der Waals surface area contributed by atoms with Gasteiger partial charge in [0.2, 0.25) is 0 Å². The molecule has 0 bridgehead atoms. The average molecular weight is 325 g/mol. The summed E-state index contributed by atoms with van der Waals surface area (Å²) in [6, 6.07) is 6.47. The van der Waals surface area contributed by atoms with Crippen LogP contribution in [0.25, 0.3) is 11.0 Å². The molecule has 2 aliphatic heterocycles. The predicted octanol–water partition coefficient (Wildman–Crippen LogP) is 1.75. The fourth-order valence-corrected chi connectivity index (χ4v) is 3.92. The van der Waals surface area contributed by atoms with Gasteiger partial charge in [0.15, 0.2) is 0 Å². The highest BCUT2D eigenvalue weighted by molar-refractivity contribution is 5.74. The topological polar surface area (TPSA) is 44.3 Å². The highest BCUT2D eigenvalue weighted by Gasteiger charge is 2.21. The van der Waals surface area contributed by atoms with E-state index >= 15 is 0 Å². The van der Waals surface area contributed by atoms with E-state index in [4.69, 9.17) is 0 Å². The third-order valence-electron chi connectivity index (χ3n) is 5.38. The van der Waals surface area contributed by atoms with Crippen molar-refractivity contribution in [2.24, 2.45) is 5.92 Å². The monoisotopic (exact) mass is 325 g/mol. The van der Waals surface area contributed by atoms with Gasteiger partial charge in [-0.3, -0.25) is 14.9 Å². The molecule has 5 nitrogen and oxygen atoms in total. The van der Waals surface area contributed by atoms with Gasteiger partial charge >= 0.3 is 0 Å². The van der Waals surface area contributed by atoms with Crippen molar-refractivity contribution in [3.63, 3.8) is 0 Å².